The summed E-state index contributed by atoms with van der Waals surface area (Å²) in [4.78, 5) is 2.78. The van der Waals surface area contributed by atoms with Crippen LogP contribution in [0.25, 0.3) is 0 Å². The van der Waals surface area contributed by atoms with Gasteiger partial charge in [-0.3, -0.25) is 4.90 Å². The third kappa shape index (κ3) is 2.54. The third-order valence-electron chi connectivity index (χ3n) is 7.07. The second-order valence-corrected chi connectivity index (χ2v) is 7.92. The summed E-state index contributed by atoms with van der Waals surface area (Å²) in [5.74, 6) is 3.16. The molecule has 116 valence electrons. The van der Waals surface area contributed by atoms with Crippen molar-refractivity contribution < 1.29 is 0 Å². The van der Waals surface area contributed by atoms with E-state index in [1.54, 1.807) is 6.42 Å². The zero-order chi connectivity index (χ0) is 14.2. The average molecular weight is 278 g/mol. The number of fused-ring (bicyclic) bond motifs is 2. The van der Waals surface area contributed by atoms with Crippen molar-refractivity contribution in [3.8, 4) is 0 Å². The molecule has 0 spiro atoms. The van der Waals surface area contributed by atoms with E-state index in [0.29, 0.717) is 11.6 Å². The van der Waals surface area contributed by atoms with E-state index in [0.717, 1.165) is 17.8 Å². The van der Waals surface area contributed by atoms with Gasteiger partial charge in [-0.25, -0.2) is 0 Å². The Bertz CT molecular complexity index is 323. The normalized spacial score (nSPS) is 38.2. The summed E-state index contributed by atoms with van der Waals surface area (Å²) in [7, 11) is 2.20. The van der Waals surface area contributed by atoms with Crippen LogP contribution in [0.4, 0.5) is 0 Å². The molecule has 0 aromatic heterocycles. The molecule has 5 unspecified atom stereocenters. The van der Waals surface area contributed by atoms with Crippen LogP contribution in [-0.4, -0.2) is 36.6 Å². The molecule has 2 bridgehead atoms. The Hall–Kier alpha value is -0.0800. The van der Waals surface area contributed by atoms with Crippen LogP contribution in [-0.2, 0) is 0 Å². The third-order valence-corrected chi connectivity index (χ3v) is 7.07. The fourth-order valence-electron chi connectivity index (χ4n) is 5.57. The molecule has 3 rings (SSSR count). The topological polar surface area (TPSA) is 15.3 Å². The first-order valence-corrected chi connectivity index (χ1v) is 9.09. The van der Waals surface area contributed by atoms with Gasteiger partial charge in [-0.2, -0.15) is 0 Å². The van der Waals surface area contributed by atoms with E-state index in [9.17, 15) is 0 Å². The first kappa shape index (κ1) is 14.8. The molecule has 1 heterocycles. The second kappa shape index (κ2) is 5.96. The van der Waals surface area contributed by atoms with E-state index in [1.165, 1.54) is 58.0 Å². The summed E-state index contributed by atoms with van der Waals surface area (Å²) >= 11 is 0. The Balaban J connectivity index is 1.67. The van der Waals surface area contributed by atoms with Crippen molar-refractivity contribution in [2.24, 2.45) is 17.8 Å². The van der Waals surface area contributed by atoms with Crippen molar-refractivity contribution >= 4 is 0 Å². The van der Waals surface area contributed by atoms with Gasteiger partial charge in [-0.1, -0.05) is 13.3 Å². The van der Waals surface area contributed by atoms with Crippen LogP contribution >= 0.6 is 0 Å². The number of nitrogens with zero attached hydrogens (tertiary/aromatic N) is 1. The van der Waals surface area contributed by atoms with Crippen LogP contribution in [0, 0.1) is 17.8 Å². The van der Waals surface area contributed by atoms with Crippen LogP contribution in [0.15, 0.2) is 0 Å². The van der Waals surface area contributed by atoms with Crippen molar-refractivity contribution in [3.05, 3.63) is 0 Å². The molecule has 2 nitrogen and oxygen atoms in total. The summed E-state index contributed by atoms with van der Waals surface area (Å²) in [5, 5.41) is 3.72. The summed E-state index contributed by atoms with van der Waals surface area (Å²) in [6, 6.07) is 0.676. The van der Waals surface area contributed by atoms with Crippen molar-refractivity contribution in [2.45, 2.75) is 76.8 Å². The van der Waals surface area contributed by atoms with Crippen LogP contribution in [0.1, 0.15) is 65.2 Å². The molecule has 0 radical (unpaired) electrons. The van der Waals surface area contributed by atoms with Crippen molar-refractivity contribution in [2.75, 3.05) is 20.1 Å². The molecule has 0 aromatic carbocycles. The summed E-state index contributed by atoms with van der Waals surface area (Å²) in [6.45, 7) is 7.55. The predicted octanol–water partition coefficient (Wildman–Crippen LogP) is 3.67. The zero-order valence-corrected chi connectivity index (χ0v) is 13.8. The first-order valence-electron chi connectivity index (χ1n) is 9.09. The molecule has 0 aromatic rings. The lowest BCUT2D eigenvalue weighted by Crippen LogP contribution is -2.58. The quantitative estimate of drug-likeness (QED) is 0.797. The number of nitrogens with one attached hydrogen (secondary N) is 1. The van der Waals surface area contributed by atoms with Crippen LogP contribution in [0.2, 0.25) is 0 Å². The maximum atomic E-state index is 3.72. The molecule has 3 fully saturated rings. The highest BCUT2D eigenvalue weighted by atomic mass is 15.2. The Labute approximate surface area is 125 Å². The average Bonchev–Trinajstić information content (AvgIpc) is 3.19. The molecule has 5 atom stereocenters. The van der Waals surface area contributed by atoms with Crippen LogP contribution in [0.5, 0.6) is 0 Å². The minimum absolute atomic E-state index is 0.368. The van der Waals surface area contributed by atoms with Gasteiger partial charge in [0.1, 0.15) is 0 Å². The fraction of sp³-hybridized carbons (Fsp3) is 1.00. The minimum atomic E-state index is 0.368. The monoisotopic (exact) mass is 278 g/mol. The van der Waals surface area contributed by atoms with Gasteiger partial charge in [0.25, 0.3) is 0 Å². The molecule has 2 aliphatic carbocycles. The highest BCUT2D eigenvalue weighted by Gasteiger charge is 2.44. The van der Waals surface area contributed by atoms with Gasteiger partial charge in [-0.05, 0) is 89.8 Å². The number of rotatable bonds is 6. The zero-order valence-electron chi connectivity index (χ0n) is 13.8. The van der Waals surface area contributed by atoms with Gasteiger partial charge in [-0.15, -0.1) is 0 Å². The lowest BCUT2D eigenvalue weighted by molar-refractivity contribution is 0.0706. The van der Waals surface area contributed by atoms with Crippen molar-refractivity contribution in [1.29, 1.82) is 0 Å². The van der Waals surface area contributed by atoms with Gasteiger partial charge < -0.3 is 5.32 Å². The van der Waals surface area contributed by atoms with Gasteiger partial charge in [0.05, 0.1) is 0 Å². The van der Waals surface area contributed by atoms with Gasteiger partial charge in [0, 0.05) is 11.6 Å². The number of hydrogen-bond donors (Lipinski definition) is 1. The van der Waals surface area contributed by atoms with Gasteiger partial charge >= 0.3 is 0 Å². The molecular formula is C18H34N2. The predicted molar refractivity (Wildman–Crippen MR) is 85.9 cm³/mol. The fourth-order valence-corrected chi connectivity index (χ4v) is 5.57. The van der Waals surface area contributed by atoms with E-state index in [2.05, 4.69) is 31.1 Å². The maximum Gasteiger partial charge on any atom is 0.0331 e. The highest BCUT2D eigenvalue weighted by Crippen LogP contribution is 2.50. The standard InChI is InChI=1S/C18H34N2/c1-4-18(2,20-9-5-6-10-20)17(19-3)13-16-12-14-7-8-15(16)11-14/h14-17,19H,4-13H2,1-3H3. The lowest BCUT2D eigenvalue weighted by Gasteiger charge is -2.46. The van der Waals surface area contributed by atoms with Crippen LogP contribution in [0.3, 0.4) is 0 Å². The summed E-state index contributed by atoms with van der Waals surface area (Å²) in [5.41, 5.74) is 0.368. The SMILES string of the molecule is CCC(C)(C(CC1CC2CCC1C2)NC)N1CCCC1. The molecule has 1 saturated heterocycles. The molecule has 2 saturated carbocycles. The molecule has 0 amide bonds. The van der Waals surface area contributed by atoms with Crippen molar-refractivity contribution in [3.63, 3.8) is 0 Å². The van der Waals surface area contributed by atoms with Gasteiger partial charge in [0.15, 0.2) is 0 Å². The Morgan fingerprint density at radius 1 is 1.20 bits per heavy atom. The molecule has 20 heavy (non-hydrogen) atoms. The second-order valence-electron chi connectivity index (χ2n) is 7.92. The number of likely N-dealkylation sites (tertiary alicyclic amines) is 1. The van der Waals surface area contributed by atoms with E-state index in [1.807, 2.05) is 0 Å². The molecule has 3 aliphatic rings. The Morgan fingerprint density at radius 2 is 1.95 bits per heavy atom. The number of hydrogen-bond acceptors (Lipinski definition) is 2. The highest BCUT2D eigenvalue weighted by molar-refractivity contribution is 5.01. The van der Waals surface area contributed by atoms with Crippen LogP contribution < -0.4 is 5.32 Å². The Kier molecular flexibility index (Phi) is 4.42. The minimum Gasteiger partial charge on any atom is -0.315 e. The number of likely N-dealkylation sites (N-methyl/N-ethyl adjacent to an activating group) is 1. The van der Waals surface area contributed by atoms with E-state index < -0.39 is 0 Å². The smallest absolute Gasteiger partial charge is 0.0331 e. The molecular weight excluding hydrogens is 244 g/mol. The molecule has 1 aliphatic heterocycles. The molecule has 2 heteroatoms. The maximum absolute atomic E-state index is 3.72. The largest absolute Gasteiger partial charge is 0.315 e. The molecule has 1 N–H and O–H groups in total. The van der Waals surface area contributed by atoms with Gasteiger partial charge in [0.2, 0.25) is 0 Å². The Morgan fingerprint density at radius 3 is 2.45 bits per heavy atom. The summed E-state index contributed by atoms with van der Waals surface area (Å²) < 4.78 is 0. The van der Waals surface area contributed by atoms with E-state index >= 15 is 0 Å². The van der Waals surface area contributed by atoms with Crippen molar-refractivity contribution in [1.82, 2.24) is 10.2 Å². The lowest BCUT2D eigenvalue weighted by atomic mass is 9.77. The van der Waals surface area contributed by atoms with E-state index in [4.69, 9.17) is 0 Å². The van der Waals surface area contributed by atoms with E-state index in [-0.39, 0.29) is 0 Å². The summed E-state index contributed by atoms with van der Waals surface area (Å²) in [6.07, 6.45) is 11.6. The first-order chi connectivity index (χ1) is 9.67.